The lowest BCUT2D eigenvalue weighted by Crippen LogP contribution is -2.53. The van der Waals surface area contributed by atoms with Crippen LogP contribution in [-0.4, -0.2) is 59.0 Å². The standard InChI is InChI=1S/C26H39N3O6/c1-17(2)14-21(28-24(32)35-26(4,5)6)23(31)27-20-13-12-18(3)29(15-22(20)30)25(33)34-16-19-10-8-7-9-11-19/h7-11,17-18,20-21H,12-16H2,1-6H3,(H,27,31)(H,28,32)/t18-,20?,21+/m1/s1. The van der Waals surface area contributed by atoms with Gasteiger partial charge in [0.2, 0.25) is 5.91 Å². The molecule has 9 nitrogen and oxygen atoms in total. The third-order valence-electron chi connectivity index (χ3n) is 5.59. The van der Waals surface area contributed by atoms with Gasteiger partial charge in [-0.1, -0.05) is 44.2 Å². The molecule has 2 N–H and O–H groups in total. The monoisotopic (exact) mass is 489 g/mol. The molecular formula is C26H39N3O6. The van der Waals surface area contributed by atoms with Gasteiger partial charge in [0.25, 0.3) is 0 Å². The van der Waals surface area contributed by atoms with Gasteiger partial charge in [0.15, 0.2) is 5.78 Å². The van der Waals surface area contributed by atoms with E-state index in [2.05, 4.69) is 10.6 Å². The summed E-state index contributed by atoms with van der Waals surface area (Å²) in [6.45, 7) is 10.9. The van der Waals surface area contributed by atoms with Gasteiger partial charge in [0.05, 0.1) is 12.6 Å². The summed E-state index contributed by atoms with van der Waals surface area (Å²) in [6.07, 6.45) is 0.0401. The summed E-state index contributed by atoms with van der Waals surface area (Å²) < 4.78 is 10.7. The fraction of sp³-hybridized carbons (Fsp3) is 0.615. The van der Waals surface area contributed by atoms with Gasteiger partial charge in [-0.05, 0) is 58.4 Å². The number of likely N-dealkylation sites (tertiary alicyclic amines) is 1. The Hall–Kier alpha value is -3.10. The molecular weight excluding hydrogens is 450 g/mol. The number of carbonyl (C=O) groups excluding carboxylic acids is 4. The number of alkyl carbamates (subject to hydrolysis) is 1. The van der Waals surface area contributed by atoms with Crippen molar-refractivity contribution in [1.29, 1.82) is 0 Å². The van der Waals surface area contributed by atoms with Gasteiger partial charge >= 0.3 is 12.2 Å². The van der Waals surface area contributed by atoms with Crippen LogP contribution in [0.2, 0.25) is 0 Å². The van der Waals surface area contributed by atoms with Crippen LogP contribution in [0.3, 0.4) is 0 Å². The average molecular weight is 490 g/mol. The summed E-state index contributed by atoms with van der Waals surface area (Å²) in [4.78, 5) is 52.3. The number of Topliss-reactive ketones (excluding diaryl/α,β-unsaturated/α-hetero) is 1. The number of amides is 3. The van der Waals surface area contributed by atoms with E-state index in [0.717, 1.165) is 5.56 Å². The van der Waals surface area contributed by atoms with E-state index >= 15 is 0 Å². The molecule has 194 valence electrons. The Morgan fingerprint density at radius 2 is 1.77 bits per heavy atom. The third-order valence-corrected chi connectivity index (χ3v) is 5.59. The number of carbonyl (C=O) groups is 4. The van der Waals surface area contributed by atoms with E-state index in [-0.39, 0.29) is 30.9 Å². The minimum absolute atomic E-state index is 0.116. The average Bonchev–Trinajstić information content (AvgIpc) is 2.89. The number of hydrogen-bond acceptors (Lipinski definition) is 6. The number of nitrogens with one attached hydrogen (secondary N) is 2. The highest BCUT2D eigenvalue weighted by molar-refractivity contribution is 5.94. The normalized spacial score (nSPS) is 19.5. The number of nitrogens with zero attached hydrogens (tertiary/aromatic N) is 1. The molecule has 0 bridgehead atoms. The van der Waals surface area contributed by atoms with E-state index in [1.165, 1.54) is 4.90 Å². The first-order valence-corrected chi connectivity index (χ1v) is 12.2. The van der Waals surface area contributed by atoms with E-state index < -0.39 is 35.8 Å². The third kappa shape index (κ3) is 9.58. The van der Waals surface area contributed by atoms with Crippen LogP contribution in [0.15, 0.2) is 30.3 Å². The molecule has 1 saturated heterocycles. The first-order chi connectivity index (χ1) is 16.4. The van der Waals surface area contributed by atoms with Gasteiger partial charge in [-0.25, -0.2) is 9.59 Å². The van der Waals surface area contributed by atoms with Gasteiger partial charge in [0.1, 0.15) is 18.2 Å². The molecule has 35 heavy (non-hydrogen) atoms. The smallest absolute Gasteiger partial charge is 0.410 e. The molecule has 9 heteroatoms. The Kier molecular flexibility index (Phi) is 10.1. The Bertz CT molecular complexity index is 881. The highest BCUT2D eigenvalue weighted by Crippen LogP contribution is 2.18. The number of rotatable bonds is 7. The maximum atomic E-state index is 13.0. The largest absolute Gasteiger partial charge is 0.445 e. The quantitative estimate of drug-likeness (QED) is 0.602. The lowest BCUT2D eigenvalue weighted by Gasteiger charge is -2.26. The van der Waals surface area contributed by atoms with Crippen LogP contribution in [0, 0.1) is 5.92 Å². The van der Waals surface area contributed by atoms with Crippen molar-refractivity contribution in [3.63, 3.8) is 0 Å². The lowest BCUT2D eigenvalue weighted by atomic mass is 10.0. The molecule has 3 amide bonds. The maximum absolute atomic E-state index is 13.0. The number of ketones is 1. The molecule has 0 aromatic heterocycles. The Morgan fingerprint density at radius 1 is 1.11 bits per heavy atom. The number of ether oxygens (including phenoxy) is 2. The molecule has 0 saturated carbocycles. The number of benzene rings is 1. The topological polar surface area (TPSA) is 114 Å². The summed E-state index contributed by atoms with van der Waals surface area (Å²) in [7, 11) is 0. The van der Waals surface area contributed by atoms with E-state index in [1.54, 1.807) is 20.8 Å². The van der Waals surface area contributed by atoms with Crippen molar-refractivity contribution < 1.29 is 28.7 Å². The fourth-order valence-electron chi connectivity index (χ4n) is 3.78. The van der Waals surface area contributed by atoms with Crippen LogP contribution < -0.4 is 10.6 Å². The zero-order valence-corrected chi connectivity index (χ0v) is 21.6. The summed E-state index contributed by atoms with van der Waals surface area (Å²) in [5, 5.41) is 5.41. The molecule has 0 aliphatic carbocycles. The van der Waals surface area contributed by atoms with Gasteiger partial charge in [-0.3, -0.25) is 14.5 Å². The lowest BCUT2D eigenvalue weighted by molar-refractivity contribution is -0.129. The summed E-state index contributed by atoms with van der Waals surface area (Å²) in [6, 6.07) is 7.48. The molecule has 1 fully saturated rings. The van der Waals surface area contributed by atoms with Crippen LogP contribution in [-0.2, 0) is 25.7 Å². The zero-order valence-electron chi connectivity index (χ0n) is 21.6. The predicted octanol–water partition coefficient (Wildman–Crippen LogP) is 3.80. The van der Waals surface area contributed by atoms with Crippen molar-refractivity contribution in [3.05, 3.63) is 35.9 Å². The van der Waals surface area contributed by atoms with Gasteiger partial charge in [0, 0.05) is 6.04 Å². The Balaban J connectivity index is 2.00. The van der Waals surface area contributed by atoms with E-state index in [0.29, 0.717) is 19.3 Å². The fourth-order valence-corrected chi connectivity index (χ4v) is 3.78. The van der Waals surface area contributed by atoms with Crippen LogP contribution in [0.1, 0.15) is 66.4 Å². The molecule has 2 rings (SSSR count). The molecule has 3 atom stereocenters. The molecule has 1 aliphatic rings. The van der Waals surface area contributed by atoms with Crippen LogP contribution >= 0.6 is 0 Å². The maximum Gasteiger partial charge on any atom is 0.410 e. The highest BCUT2D eigenvalue weighted by Gasteiger charge is 2.34. The highest BCUT2D eigenvalue weighted by atomic mass is 16.6. The molecule has 1 aromatic carbocycles. The van der Waals surface area contributed by atoms with E-state index in [1.807, 2.05) is 51.1 Å². The predicted molar refractivity (Wildman–Crippen MR) is 132 cm³/mol. The summed E-state index contributed by atoms with van der Waals surface area (Å²) in [5.74, 6) is -0.601. The van der Waals surface area contributed by atoms with E-state index in [4.69, 9.17) is 9.47 Å². The van der Waals surface area contributed by atoms with Crippen molar-refractivity contribution in [2.45, 2.75) is 91.1 Å². The van der Waals surface area contributed by atoms with Crippen molar-refractivity contribution in [2.75, 3.05) is 6.54 Å². The minimum atomic E-state index is -0.842. The van der Waals surface area contributed by atoms with Crippen molar-refractivity contribution in [3.8, 4) is 0 Å². The molecule has 1 aliphatic heterocycles. The Morgan fingerprint density at radius 3 is 2.37 bits per heavy atom. The SMILES string of the molecule is CC(C)C[C@H](NC(=O)OC(C)(C)C)C(=O)NC1CC[C@@H](C)N(C(=O)OCc2ccccc2)CC1=O. The second kappa shape index (κ2) is 12.6. The van der Waals surface area contributed by atoms with Gasteiger partial charge < -0.3 is 20.1 Å². The molecule has 0 spiro atoms. The number of hydrogen-bond donors (Lipinski definition) is 2. The molecule has 1 aromatic rings. The second-order valence-electron chi connectivity index (χ2n) is 10.5. The molecule has 1 unspecified atom stereocenters. The zero-order chi connectivity index (χ0) is 26.2. The molecule has 0 radical (unpaired) electrons. The van der Waals surface area contributed by atoms with Crippen molar-refractivity contribution in [1.82, 2.24) is 15.5 Å². The van der Waals surface area contributed by atoms with Gasteiger partial charge in [-0.15, -0.1) is 0 Å². The van der Waals surface area contributed by atoms with Crippen molar-refractivity contribution >= 4 is 23.9 Å². The second-order valence-corrected chi connectivity index (χ2v) is 10.5. The van der Waals surface area contributed by atoms with Crippen molar-refractivity contribution in [2.24, 2.45) is 5.92 Å². The first-order valence-electron chi connectivity index (χ1n) is 12.2. The van der Waals surface area contributed by atoms with Crippen LogP contribution in [0.25, 0.3) is 0 Å². The minimum Gasteiger partial charge on any atom is -0.445 e. The first kappa shape index (κ1) is 28.1. The summed E-state index contributed by atoms with van der Waals surface area (Å²) in [5.41, 5.74) is 0.156. The summed E-state index contributed by atoms with van der Waals surface area (Å²) >= 11 is 0. The van der Waals surface area contributed by atoms with Gasteiger partial charge in [-0.2, -0.15) is 0 Å². The van der Waals surface area contributed by atoms with Crippen LogP contribution in [0.4, 0.5) is 9.59 Å². The van der Waals surface area contributed by atoms with Crippen LogP contribution in [0.5, 0.6) is 0 Å². The van der Waals surface area contributed by atoms with E-state index in [9.17, 15) is 19.2 Å². The molecule has 1 heterocycles. The Labute approximate surface area is 207 Å².